The van der Waals surface area contributed by atoms with Gasteiger partial charge >= 0.3 is 0 Å². The van der Waals surface area contributed by atoms with Gasteiger partial charge < -0.3 is 10.1 Å². The first-order valence-electron chi connectivity index (χ1n) is 9.94. The van der Waals surface area contributed by atoms with E-state index in [1.54, 1.807) is 17.4 Å². The van der Waals surface area contributed by atoms with Crippen LogP contribution < -0.4 is 10.1 Å². The van der Waals surface area contributed by atoms with Gasteiger partial charge in [-0.25, -0.2) is 9.37 Å². The van der Waals surface area contributed by atoms with Gasteiger partial charge in [-0.05, 0) is 60.0 Å². The SMILES string of the molecule is Fc1ccccc1CCNCc1ncc(-c2ccc(OCc3ccccc3)cc2)s1. The number of hydrogen-bond acceptors (Lipinski definition) is 4. The molecule has 0 fully saturated rings. The van der Waals surface area contributed by atoms with Gasteiger partial charge in [-0.1, -0.05) is 48.5 Å². The number of thiazole rings is 1. The van der Waals surface area contributed by atoms with Crippen LogP contribution in [-0.2, 0) is 19.6 Å². The van der Waals surface area contributed by atoms with Crippen molar-refractivity contribution in [1.29, 1.82) is 0 Å². The lowest BCUT2D eigenvalue weighted by molar-refractivity contribution is 0.306. The maximum atomic E-state index is 13.6. The van der Waals surface area contributed by atoms with Crippen LogP contribution in [0.4, 0.5) is 4.39 Å². The van der Waals surface area contributed by atoms with Gasteiger partial charge in [0.15, 0.2) is 0 Å². The van der Waals surface area contributed by atoms with E-state index in [-0.39, 0.29) is 5.82 Å². The molecule has 1 heterocycles. The van der Waals surface area contributed by atoms with E-state index in [0.717, 1.165) is 32.3 Å². The van der Waals surface area contributed by atoms with Crippen molar-refractivity contribution in [2.75, 3.05) is 6.54 Å². The summed E-state index contributed by atoms with van der Waals surface area (Å²) in [6.07, 6.45) is 2.56. The van der Waals surface area contributed by atoms with Crippen molar-refractivity contribution in [2.24, 2.45) is 0 Å². The summed E-state index contributed by atoms with van der Waals surface area (Å²) in [6.45, 7) is 1.95. The second-order valence-electron chi connectivity index (χ2n) is 6.94. The molecule has 0 saturated heterocycles. The Morgan fingerprint density at radius 2 is 1.67 bits per heavy atom. The van der Waals surface area contributed by atoms with Crippen molar-refractivity contribution >= 4 is 11.3 Å². The molecular weight excluding hydrogens is 395 g/mol. The lowest BCUT2D eigenvalue weighted by Gasteiger charge is -2.06. The van der Waals surface area contributed by atoms with Crippen molar-refractivity contribution in [3.63, 3.8) is 0 Å². The third-order valence-corrected chi connectivity index (χ3v) is 5.79. The number of aromatic nitrogens is 1. The summed E-state index contributed by atoms with van der Waals surface area (Å²) >= 11 is 1.66. The summed E-state index contributed by atoms with van der Waals surface area (Å²) in [6, 6.07) is 25.1. The molecule has 0 aliphatic carbocycles. The van der Waals surface area contributed by atoms with Gasteiger partial charge in [0.2, 0.25) is 0 Å². The standard InChI is InChI=1S/C25H23FN2OS/c26-23-9-5-4-8-20(23)14-15-27-17-25-28-16-24(30-25)21-10-12-22(13-11-21)29-18-19-6-2-1-3-7-19/h1-13,16,27H,14-15,17-18H2. The molecule has 0 unspecified atom stereocenters. The largest absolute Gasteiger partial charge is 0.489 e. The molecule has 0 saturated carbocycles. The van der Waals surface area contributed by atoms with E-state index in [4.69, 9.17) is 4.74 Å². The maximum absolute atomic E-state index is 13.6. The normalized spacial score (nSPS) is 10.8. The average molecular weight is 419 g/mol. The summed E-state index contributed by atoms with van der Waals surface area (Å²) in [5.74, 6) is 0.703. The molecule has 30 heavy (non-hydrogen) atoms. The van der Waals surface area contributed by atoms with Gasteiger partial charge in [0, 0.05) is 12.7 Å². The molecule has 0 aliphatic rings. The average Bonchev–Trinajstić information content (AvgIpc) is 3.26. The quantitative estimate of drug-likeness (QED) is 0.346. The molecule has 0 spiro atoms. The molecule has 3 nitrogen and oxygen atoms in total. The van der Waals surface area contributed by atoms with Gasteiger partial charge in [0.1, 0.15) is 23.2 Å². The van der Waals surface area contributed by atoms with Crippen molar-refractivity contribution < 1.29 is 9.13 Å². The summed E-state index contributed by atoms with van der Waals surface area (Å²) in [7, 11) is 0. The molecule has 0 aliphatic heterocycles. The maximum Gasteiger partial charge on any atom is 0.126 e. The molecular formula is C25H23FN2OS. The first-order chi connectivity index (χ1) is 14.8. The van der Waals surface area contributed by atoms with Crippen LogP contribution in [0.15, 0.2) is 85.1 Å². The van der Waals surface area contributed by atoms with E-state index in [1.807, 2.05) is 48.7 Å². The number of halogens is 1. The molecule has 1 aromatic heterocycles. The number of nitrogens with one attached hydrogen (secondary N) is 1. The fourth-order valence-corrected chi connectivity index (χ4v) is 3.99. The molecule has 5 heteroatoms. The van der Waals surface area contributed by atoms with Crippen LogP contribution in [0.1, 0.15) is 16.1 Å². The minimum Gasteiger partial charge on any atom is -0.489 e. The van der Waals surface area contributed by atoms with Crippen molar-refractivity contribution in [2.45, 2.75) is 19.6 Å². The lowest BCUT2D eigenvalue weighted by Crippen LogP contribution is -2.16. The second-order valence-corrected chi connectivity index (χ2v) is 8.05. The number of rotatable bonds is 9. The van der Waals surface area contributed by atoms with Crippen LogP contribution in [0.5, 0.6) is 5.75 Å². The first-order valence-corrected chi connectivity index (χ1v) is 10.8. The van der Waals surface area contributed by atoms with Gasteiger partial charge in [-0.3, -0.25) is 0 Å². The highest BCUT2D eigenvalue weighted by Crippen LogP contribution is 2.28. The van der Waals surface area contributed by atoms with Gasteiger partial charge in [0.25, 0.3) is 0 Å². The first kappa shape index (κ1) is 20.3. The van der Waals surface area contributed by atoms with E-state index in [9.17, 15) is 4.39 Å². The van der Waals surface area contributed by atoms with Crippen LogP contribution in [-0.4, -0.2) is 11.5 Å². The van der Waals surface area contributed by atoms with Crippen LogP contribution in [0.2, 0.25) is 0 Å². The molecule has 0 radical (unpaired) electrons. The van der Waals surface area contributed by atoms with Crippen LogP contribution >= 0.6 is 11.3 Å². The Bertz CT molecular complexity index is 1060. The topological polar surface area (TPSA) is 34.2 Å². The zero-order valence-electron chi connectivity index (χ0n) is 16.6. The van der Waals surface area contributed by atoms with E-state index >= 15 is 0 Å². The molecule has 1 N–H and O–H groups in total. The Kier molecular flexibility index (Phi) is 6.85. The predicted molar refractivity (Wildman–Crippen MR) is 120 cm³/mol. The Morgan fingerprint density at radius 1 is 0.900 bits per heavy atom. The molecule has 0 amide bonds. The summed E-state index contributed by atoms with van der Waals surface area (Å²) < 4.78 is 19.5. The van der Waals surface area contributed by atoms with Crippen molar-refractivity contribution in [3.05, 3.63) is 107 Å². The van der Waals surface area contributed by atoms with E-state index in [2.05, 4.69) is 34.6 Å². The number of nitrogens with zero attached hydrogens (tertiary/aromatic N) is 1. The third kappa shape index (κ3) is 5.53. The minimum atomic E-state index is -0.146. The van der Waals surface area contributed by atoms with E-state index in [1.165, 1.54) is 6.07 Å². The molecule has 3 aromatic carbocycles. The van der Waals surface area contributed by atoms with Gasteiger partial charge in [0.05, 0.1) is 4.88 Å². The second kappa shape index (κ2) is 10.1. The Balaban J connectivity index is 1.26. The monoisotopic (exact) mass is 418 g/mol. The van der Waals surface area contributed by atoms with Crippen molar-refractivity contribution in [3.8, 4) is 16.2 Å². The molecule has 4 aromatic rings. The fraction of sp³-hybridized carbons (Fsp3) is 0.160. The summed E-state index contributed by atoms with van der Waals surface area (Å²) in [5, 5.41) is 4.36. The van der Waals surface area contributed by atoms with Gasteiger partial charge in [-0.15, -0.1) is 11.3 Å². The molecule has 0 atom stereocenters. The minimum absolute atomic E-state index is 0.146. The highest BCUT2D eigenvalue weighted by Gasteiger charge is 2.06. The van der Waals surface area contributed by atoms with Crippen LogP contribution in [0.25, 0.3) is 10.4 Å². The highest BCUT2D eigenvalue weighted by molar-refractivity contribution is 7.15. The number of ether oxygens (including phenoxy) is 1. The zero-order valence-corrected chi connectivity index (χ0v) is 17.4. The molecule has 0 bridgehead atoms. The summed E-state index contributed by atoms with van der Waals surface area (Å²) in [5.41, 5.74) is 3.01. The molecule has 152 valence electrons. The van der Waals surface area contributed by atoms with Crippen LogP contribution in [0.3, 0.4) is 0 Å². The Hall–Kier alpha value is -3.02. The smallest absolute Gasteiger partial charge is 0.126 e. The fourth-order valence-electron chi connectivity index (χ4n) is 3.10. The van der Waals surface area contributed by atoms with Crippen LogP contribution in [0, 0.1) is 5.82 Å². The van der Waals surface area contributed by atoms with Crippen molar-refractivity contribution in [1.82, 2.24) is 10.3 Å². The highest BCUT2D eigenvalue weighted by atomic mass is 32.1. The Labute approximate surface area is 180 Å². The lowest BCUT2D eigenvalue weighted by atomic mass is 10.1. The summed E-state index contributed by atoms with van der Waals surface area (Å²) in [4.78, 5) is 5.62. The molecule has 4 rings (SSSR count). The van der Waals surface area contributed by atoms with E-state index in [0.29, 0.717) is 26.1 Å². The third-order valence-electron chi connectivity index (χ3n) is 4.75. The van der Waals surface area contributed by atoms with Gasteiger partial charge in [-0.2, -0.15) is 0 Å². The number of hydrogen-bond donors (Lipinski definition) is 1. The Morgan fingerprint density at radius 3 is 2.47 bits per heavy atom. The zero-order chi connectivity index (χ0) is 20.6. The number of benzene rings is 3. The van der Waals surface area contributed by atoms with E-state index < -0.39 is 0 Å². The predicted octanol–water partition coefficient (Wildman–Crippen LogP) is 5.86.